The Hall–Kier alpha value is -3.53. The summed E-state index contributed by atoms with van der Waals surface area (Å²) in [4.78, 5) is 31.8. The van der Waals surface area contributed by atoms with E-state index < -0.39 is 0 Å². The molecule has 0 atom stereocenters. The summed E-state index contributed by atoms with van der Waals surface area (Å²) in [6.45, 7) is 0.632. The van der Waals surface area contributed by atoms with Crippen LogP contribution in [0.3, 0.4) is 0 Å². The van der Waals surface area contributed by atoms with Gasteiger partial charge in [0.1, 0.15) is 23.7 Å². The summed E-state index contributed by atoms with van der Waals surface area (Å²) < 4.78 is 12.2. The van der Waals surface area contributed by atoms with Crippen molar-refractivity contribution in [2.75, 3.05) is 5.32 Å². The second kappa shape index (κ2) is 9.53. The maximum absolute atomic E-state index is 13.1. The van der Waals surface area contributed by atoms with Crippen LogP contribution in [0.15, 0.2) is 81.1 Å². The average Bonchev–Trinajstić information content (AvgIpc) is 3.58. The molecule has 1 N–H and O–H groups in total. The third-order valence-electron chi connectivity index (χ3n) is 4.97. The van der Waals surface area contributed by atoms with Gasteiger partial charge in [-0.1, -0.05) is 18.2 Å². The molecule has 0 bridgehead atoms. The predicted molar refractivity (Wildman–Crippen MR) is 129 cm³/mol. The van der Waals surface area contributed by atoms with Gasteiger partial charge in [0.25, 0.3) is 5.56 Å². The van der Waals surface area contributed by atoms with Crippen LogP contribution in [0.25, 0.3) is 20.7 Å². The molecule has 9 heteroatoms. The fourth-order valence-corrected chi connectivity index (χ4v) is 5.17. The van der Waals surface area contributed by atoms with E-state index in [4.69, 9.17) is 9.15 Å². The Bertz CT molecular complexity index is 1440. The second-order valence-corrected chi connectivity index (χ2v) is 9.11. The molecule has 5 rings (SSSR count). The SMILES string of the molecule is O=C(Cn1cnc2scc(-c3cccs3)c2c1=O)Nc1cccc(COCc2ccco2)c1. The van der Waals surface area contributed by atoms with Crippen molar-refractivity contribution in [3.8, 4) is 10.4 Å². The lowest BCUT2D eigenvalue weighted by molar-refractivity contribution is -0.116. The van der Waals surface area contributed by atoms with E-state index in [1.54, 1.807) is 23.7 Å². The van der Waals surface area contributed by atoms with Gasteiger partial charge in [0.05, 0.1) is 24.6 Å². The molecular weight excluding hydrogens is 458 g/mol. The van der Waals surface area contributed by atoms with E-state index >= 15 is 0 Å². The number of carbonyl (C=O) groups is 1. The van der Waals surface area contributed by atoms with Crippen LogP contribution in [0.1, 0.15) is 11.3 Å². The summed E-state index contributed by atoms with van der Waals surface area (Å²) in [6, 6.07) is 15.0. The van der Waals surface area contributed by atoms with Gasteiger partial charge >= 0.3 is 0 Å². The van der Waals surface area contributed by atoms with E-state index in [9.17, 15) is 9.59 Å². The maximum atomic E-state index is 13.1. The molecule has 33 heavy (non-hydrogen) atoms. The molecule has 0 radical (unpaired) electrons. The molecule has 5 aromatic rings. The molecule has 4 aromatic heterocycles. The number of fused-ring (bicyclic) bond motifs is 1. The van der Waals surface area contributed by atoms with Crippen molar-refractivity contribution in [2.24, 2.45) is 0 Å². The van der Waals surface area contributed by atoms with Crippen molar-refractivity contribution in [1.82, 2.24) is 9.55 Å². The predicted octanol–water partition coefficient (Wildman–Crippen LogP) is 5.14. The smallest absolute Gasteiger partial charge is 0.263 e. The summed E-state index contributed by atoms with van der Waals surface area (Å²) in [5.74, 6) is 0.447. The first-order valence-corrected chi connectivity index (χ1v) is 11.9. The minimum absolute atomic E-state index is 0.124. The van der Waals surface area contributed by atoms with Crippen LogP contribution < -0.4 is 10.9 Å². The first kappa shape index (κ1) is 21.3. The van der Waals surface area contributed by atoms with Crippen LogP contribution >= 0.6 is 22.7 Å². The molecule has 0 aliphatic rings. The van der Waals surface area contributed by atoms with Gasteiger partial charge in [0, 0.05) is 21.5 Å². The summed E-state index contributed by atoms with van der Waals surface area (Å²) in [7, 11) is 0. The van der Waals surface area contributed by atoms with Crippen LogP contribution in [0.4, 0.5) is 5.69 Å². The second-order valence-electron chi connectivity index (χ2n) is 7.31. The number of benzene rings is 1. The highest BCUT2D eigenvalue weighted by molar-refractivity contribution is 7.18. The number of rotatable bonds is 8. The normalized spacial score (nSPS) is 11.2. The quantitative estimate of drug-likeness (QED) is 0.335. The molecule has 0 fully saturated rings. The Morgan fingerprint density at radius 1 is 1.12 bits per heavy atom. The third-order valence-corrected chi connectivity index (χ3v) is 6.75. The van der Waals surface area contributed by atoms with Crippen molar-refractivity contribution in [2.45, 2.75) is 19.8 Å². The van der Waals surface area contributed by atoms with Crippen molar-refractivity contribution < 1.29 is 13.9 Å². The summed E-state index contributed by atoms with van der Waals surface area (Å²) in [5.41, 5.74) is 2.19. The summed E-state index contributed by atoms with van der Waals surface area (Å²) in [6.07, 6.45) is 3.03. The number of ether oxygens (including phenoxy) is 1. The van der Waals surface area contributed by atoms with Gasteiger partial charge in [-0.2, -0.15) is 0 Å². The van der Waals surface area contributed by atoms with E-state index in [2.05, 4.69) is 10.3 Å². The number of nitrogens with zero attached hydrogens (tertiary/aromatic N) is 2. The van der Waals surface area contributed by atoms with Crippen molar-refractivity contribution in [3.63, 3.8) is 0 Å². The minimum Gasteiger partial charge on any atom is -0.467 e. The zero-order valence-electron chi connectivity index (χ0n) is 17.4. The van der Waals surface area contributed by atoms with E-state index in [1.807, 2.05) is 53.2 Å². The Kier molecular flexibility index (Phi) is 6.16. The topological polar surface area (TPSA) is 86.4 Å². The number of anilines is 1. The number of furan rings is 1. The summed E-state index contributed by atoms with van der Waals surface area (Å²) >= 11 is 3.00. The lowest BCUT2D eigenvalue weighted by atomic mass is 10.2. The summed E-state index contributed by atoms with van der Waals surface area (Å²) in [5, 5.41) is 7.31. The first-order valence-electron chi connectivity index (χ1n) is 10.2. The fraction of sp³-hybridized carbons (Fsp3) is 0.125. The lowest BCUT2D eigenvalue weighted by Gasteiger charge is -2.09. The Morgan fingerprint density at radius 3 is 2.88 bits per heavy atom. The van der Waals surface area contributed by atoms with E-state index in [0.29, 0.717) is 29.1 Å². The van der Waals surface area contributed by atoms with Crippen LogP contribution in [0, 0.1) is 0 Å². The van der Waals surface area contributed by atoms with Gasteiger partial charge < -0.3 is 14.5 Å². The number of thiophene rings is 2. The molecule has 0 saturated heterocycles. The molecule has 1 amide bonds. The molecule has 0 aliphatic heterocycles. The Labute approximate surface area is 196 Å². The fourth-order valence-electron chi connectivity index (χ4n) is 3.45. The first-order chi connectivity index (χ1) is 16.2. The third kappa shape index (κ3) is 4.80. The Balaban J connectivity index is 1.27. The van der Waals surface area contributed by atoms with E-state index in [0.717, 1.165) is 21.8 Å². The lowest BCUT2D eigenvalue weighted by Crippen LogP contribution is -2.27. The molecule has 166 valence electrons. The zero-order chi connectivity index (χ0) is 22.6. The number of hydrogen-bond donors (Lipinski definition) is 1. The number of aromatic nitrogens is 2. The molecule has 7 nitrogen and oxygen atoms in total. The van der Waals surface area contributed by atoms with Gasteiger partial charge in [-0.05, 0) is 41.3 Å². The number of hydrogen-bond acceptors (Lipinski definition) is 7. The molecule has 1 aromatic carbocycles. The van der Waals surface area contributed by atoms with Gasteiger partial charge in [0.2, 0.25) is 5.91 Å². The minimum atomic E-state index is -0.306. The molecular formula is C24H19N3O4S2. The van der Waals surface area contributed by atoms with Crippen LogP contribution in [0.2, 0.25) is 0 Å². The largest absolute Gasteiger partial charge is 0.467 e. The highest BCUT2D eigenvalue weighted by Crippen LogP contribution is 2.33. The van der Waals surface area contributed by atoms with E-state index in [-0.39, 0.29) is 18.0 Å². The van der Waals surface area contributed by atoms with Gasteiger partial charge in [-0.25, -0.2) is 4.98 Å². The number of nitrogens with one attached hydrogen (secondary N) is 1. The van der Waals surface area contributed by atoms with Crippen molar-refractivity contribution in [3.05, 3.63) is 93.6 Å². The van der Waals surface area contributed by atoms with Gasteiger partial charge in [0.15, 0.2) is 0 Å². The number of amides is 1. The molecule has 0 spiro atoms. The highest BCUT2D eigenvalue weighted by atomic mass is 32.1. The standard InChI is InChI=1S/C24H19N3O4S2/c28-21(26-17-5-1-4-16(10-17)12-30-13-18-6-2-8-31-18)11-27-15-25-23-22(24(27)29)19(14-33-23)20-7-3-9-32-20/h1-10,14-15H,11-13H2,(H,26,28). The van der Waals surface area contributed by atoms with Gasteiger partial charge in [-0.15, -0.1) is 22.7 Å². The molecule has 4 heterocycles. The average molecular weight is 478 g/mol. The number of carbonyl (C=O) groups excluding carboxylic acids is 1. The molecule has 0 unspecified atom stereocenters. The zero-order valence-corrected chi connectivity index (χ0v) is 19.0. The highest BCUT2D eigenvalue weighted by Gasteiger charge is 2.15. The molecule has 0 saturated carbocycles. The van der Waals surface area contributed by atoms with Crippen LogP contribution in [-0.2, 0) is 29.3 Å². The monoisotopic (exact) mass is 477 g/mol. The van der Waals surface area contributed by atoms with Crippen LogP contribution in [-0.4, -0.2) is 15.5 Å². The maximum Gasteiger partial charge on any atom is 0.263 e. The molecule has 0 aliphatic carbocycles. The van der Waals surface area contributed by atoms with Crippen molar-refractivity contribution >= 4 is 44.5 Å². The van der Waals surface area contributed by atoms with Gasteiger partial charge in [-0.3, -0.25) is 14.2 Å². The van der Waals surface area contributed by atoms with E-state index in [1.165, 1.54) is 22.2 Å². The Morgan fingerprint density at radius 2 is 2.06 bits per heavy atom. The van der Waals surface area contributed by atoms with Crippen LogP contribution in [0.5, 0.6) is 0 Å². The van der Waals surface area contributed by atoms with Crippen molar-refractivity contribution in [1.29, 1.82) is 0 Å².